The summed E-state index contributed by atoms with van der Waals surface area (Å²) >= 11 is 0. The summed E-state index contributed by atoms with van der Waals surface area (Å²) in [4.78, 5) is 19.7. The van der Waals surface area contributed by atoms with Gasteiger partial charge in [-0.1, -0.05) is 18.2 Å². The first-order valence-electron chi connectivity index (χ1n) is 9.12. The number of benzene rings is 1. The minimum Gasteiger partial charge on any atom is -0.390 e. The lowest BCUT2D eigenvalue weighted by atomic mass is 10.2. The van der Waals surface area contributed by atoms with E-state index in [1.54, 1.807) is 17.8 Å². The van der Waals surface area contributed by atoms with Crippen LogP contribution in [0, 0.1) is 6.92 Å². The molecule has 0 saturated carbocycles. The van der Waals surface area contributed by atoms with Gasteiger partial charge in [-0.2, -0.15) is 5.10 Å². The number of ether oxygens (including phenoxy) is 1. The van der Waals surface area contributed by atoms with Crippen LogP contribution in [0.3, 0.4) is 0 Å². The molecule has 0 aliphatic carbocycles. The maximum Gasteiger partial charge on any atom is 0.264 e. The number of morpholine rings is 1. The van der Waals surface area contributed by atoms with Crippen LogP contribution in [0.5, 0.6) is 0 Å². The maximum absolute atomic E-state index is 12.9. The average molecular weight is 369 g/mol. The molecule has 1 aliphatic heterocycles. The van der Waals surface area contributed by atoms with Crippen molar-refractivity contribution < 1.29 is 9.84 Å². The molecule has 0 amide bonds. The van der Waals surface area contributed by atoms with Crippen molar-refractivity contribution >= 4 is 11.0 Å². The highest BCUT2D eigenvalue weighted by Crippen LogP contribution is 2.14. The van der Waals surface area contributed by atoms with Crippen molar-refractivity contribution in [3.63, 3.8) is 0 Å². The number of para-hydroxylation sites is 1. The normalized spacial score (nSPS) is 16.7. The summed E-state index contributed by atoms with van der Waals surface area (Å²) in [5, 5.41) is 15.3. The number of aryl methyl sites for hydroxylation is 1. The van der Waals surface area contributed by atoms with Gasteiger partial charge in [-0.15, -0.1) is 0 Å². The molecular weight excluding hydrogens is 346 g/mol. The van der Waals surface area contributed by atoms with E-state index in [-0.39, 0.29) is 12.1 Å². The van der Waals surface area contributed by atoms with E-state index in [1.165, 1.54) is 4.57 Å². The fraction of sp³-hybridized carbons (Fsp3) is 0.421. The Balaban J connectivity index is 1.61. The lowest BCUT2D eigenvalue weighted by Crippen LogP contribution is -2.43. The highest BCUT2D eigenvalue weighted by atomic mass is 16.5. The van der Waals surface area contributed by atoms with Crippen LogP contribution in [0.4, 0.5) is 0 Å². The Labute approximate surface area is 156 Å². The Hall–Kier alpha value is -2.55. The van der Waals surface area contributed by atoms with Gasteiger partial charge in [-0.3, -0.25) is 14.3 Å². The van der Waals surface area contributed by atoms with Crippen LogP contribution < -0.4 is 5.56 Å². The topological polar surface area (TPSA) is 85.4 Å². The van der Waals surface area contributed by atoms with E-state index in [2.05, 4.69) is 15.0 Å². The molecule has 3 heterocycles. The molecule has 1 aromatic carbocycles. The van der Waals surface area contributed by atoms with Crippen molar-refractivity contribution in [2.24, 2.45) is 0 Å². The third-order valence-corrected chi connectivity index (χ3v) is 4.84. The van der Waals surface area contributed by atoms with Crippen LogP contribution >= 0.6 is 0 Å². The number of nitrogens with zero attached hydrogens (tertiary/aromatic N) is 5. The Kier molecular flexibility index (Phi) is 5.02. The lowest BCUT2D eigenvalue weighted by Gasteiger charge is -2.28. The standard InChI is InChI=1S/C19H23N5O3/c1-14-21-18-17(11-20-24(18)15-5-3-2-4-6-15)19(26)23(14)13-16(25)12-22-7-9-27-10-8-22/h2-6,11,16,25H,7-10,12-13H2,1H3. The molecule has 1 aliphatic rings. The Morgan fingerprint density at radius 2 is 1.93 bits per heavy atom. The Morgan fingerprint density at radius 3 is 2.67 bits per heavy atom. The summed E-state index contributed by atoms with van der Waals surface area (Å²) in [5.41, 5.74) is 1.20. The molecule has 1 unspecified atom stereocenters. The fourth-order valence-corrected chi connectivity index (χ4v) is 3.43. The summed E-state index contributed by atoms with van der Waals surface area (Å²) in [6, 6.07) is 9.59. The van der Waals surface area contributed by atoms with Gasteiger partial charge in [0.1, 0.15) is 11.2 Å². The minimum atomic E-state index is -0.650. The predicted octanol–water partition coefficient (Wildman–Crippen LogP) is 0.584. The molecule has 4 rings (SSSR count). The van der Waals surface area contributed by atoms with Crippen LogP contribution in [-0.2, 0) is 11.3 Å². The van der Waals surface area contributed by atoms with Crippen LogP contribution in [0.25, 0.3) is 16.7 Å². The number of fused-ring (bicyclic) bond motifs is 1. The molecule has 1 atom stereocenters. The summed E-state index contributed by atoms with van der Waals surface area (Å²) in [6.45, 7) is 5.45. The highest BCUT2D eigenvalue weighted by molar-refractivity contribution is 5.75. The first kappa shape index (κ1) is 17.8. The largest absolute Gasteiger partial charge is 0.390 e. The monoisotopic (exact) mass is 369 g/mol. The summed E-state index contributed by atoms with van der Waals surface area (Å²) in [7, 11) is 0. The lowest BCUT2D eigenvalue weighted by molar-refractivity contribution is 0.0112. The first-order valence-corrected chi connectivity index (χ1v) is 9.12. The van der Waals surface area contributed by atoms with Gasteiger partial charge in [-0.05, 0) is 19.1 Å². The number of hydrogen-bond acceptors (Lipinski definition) is 6. The third kappa shape index (κ3) is 3.64. The quantitative estimate of drug-likeness (QED) is 0.708. The van der Waals surface area contributed by atoms with Gasteiger partial charge in [0.15, 0.2) is 5.65 Å². The van der Waals surface area contributed by atoms with Crippen LogP contribution in [0.1, 0.15) is 5.82 Å². The van der Waals surface area contributed by atoms with Gasteiger partial charge in [0, 0.05) is 19.6 Å². The minimum absolute atomic E-state index is 0.180. The number of aromatic nitrogens is 4. The second kappa shape index (κ2) is 7.59. The van der Waals surface area contributed by atoms with Crippen molar-refractivity contribution in [2.45, 2.75) is 19.6 Å². The fourth-order valence-electron chi connectivity index (χ4n) is 3.43. The van der Waals surface area contributed by atoms with Gasteiger partial charge in [0.2, 0.25) is 0 Å². The van der Waals surface area contributed by atoms with Crippen LogP contribution in [-0.4, -0.2) is 68.3 Å². The van der Waals surface area contributed by atoms with E-state index < -0.39 is 6.10 Å². The molecule has 3 aromatic rings. The summed E-state index contributed by atoms with van der Waals surface area (Å²) < 4.78 is 8.52. The van der Waals surface area contributed by atoms with Gasteiger partial charge >= 0.3 is 0 Å². The van der Waals surface area contributed by atoms with E-state index in [0.717, 1.165) is 18.8 Å². The number of rotatable bonds is 5. The molecule has 1 N–H and O–H groups in total. The second-order valence-electron chi connectivity index (χ2n) is 6.77. The van der Waals surface area contributed by atoms with Crippen molar-refractivity contribution in [1.82, 2.24) is 24.2 Å². The molecule has 8 heteroatoms. The summed E-state index contributed by atoms with van der Waals surface area (Å²) in [5.74, 6) is 0.561. The zero-order valence-electron chi connectivity index (χ0n) is 15.3. The van der Waals surface area contributed by atoms with Gasteiger partial charge in [0.25, 0.3) is 5.56 Å². The number of aliphatic hydroxyl groups is 1. The smallest absolute Gasteiger partial charge is 0.264 e. The Morgan fingerprint density at radius 1 is 1.19 bits per heavy atom. The summed E-state index contributed by atoms with van der Waals surface area (Å²) in [6.07, 6.45) is 0.894. The molecule has 0 radical (unpaired) electrons. The van der Waals surface area contributed by atoms with Crippen LogP contribution in [0.15, 0.2) is 41.3 Å². The molecule has 1 fully saturated rings. The van der Waals surface area contributed by atoms with Crippen LogP contribution in [0.2, 0.25) is 0 Å². The molecule has 1 saturated heterocycles. The zero-order chi connectivity index (χ0) is 18.8. The van der Waals surface area contributed by atoms with E-state index in [9.17, 15) is 9.90 Å². The average Bonchev–Trinajstić information content (AvgIpc) is 3.10. The van der Waals surface area contributed by atoms with E-state index in [4.69, 9.17) is 4.74 Å². The SMILES string of the molecule is Cc1nc2c(cnn2-c2ccccc2)c(=O)n1CC(O)CN1CCOCC1. The van der Waals surface area contributed by atoms with E-state index in [0.29, 0.717) is 36.6 Å². The Bertz CT molecular complexity index is 976. The van der Waals surface area contributed by atoms with Gasteiger partial charge < -0.3 is 9.84 Å². The van der Waals surface area contributed by atoms with Crippen molar-refractivity contribution in [3.8, 4) is 5.69 Å². The predicted molar refractivity (Wildman–Crippen MR) is 101 cm³/mol. The molecule has 8 nitrogen and oxygen atoms in total. The molecular formula is C19H23N5O3. The highest BCUT2D eigenvalue weighted by Gasteiger charge is 2.19. The van der Waals surface area contributed by atoms with Gasteiger partial charge in [-0.25, -0.2) is 9.67 Å². The third-order valence-electron chi connectivity index (χ3n) is 4.84. The van der Waals surface area contributed by atoms with E-state index >= 15 is 0 Å². The molecule has 2 aromatic heterocycles. The molecule has 142 valence electrons. The van der Waals surface area contributed by atoms with Crippen molar-refractivity contribution in [3.05, 3.63) is 52.7 Å². The van der Waals surface area contributed by atoms with Crippen molar-refractivity contribution in [1.29, 1.82) is 0 Å². The molecule has 27 heavy (non-hydrogen) atoms. The van der Waals surface area contributed by atoms with Gasteiger partial charge in [0.05, 0.1) is 37.7 Å². The first-order chi connectivity index (χ1) is 13.1. The molecule has 0 spiro atoms. The second-order valence-corrected chi connectivity index (χ2v) is 6.77. The van der Waals surface area contributed by atoms with Crippen molar-refractivity contribution in [2.75, 3.05) is 32.8 Å². The maximum atomic E-state index is 12.9. The number of hydrogen-bond donors (Lipinski definition) is 1. The zero-order valence-corrected chi connectivity index (χ0v) is 15.3. The number of aliphatic hydroxyl groups excluding tert-OH is 1. The van der Waals surface area contributed by atoms with E-state index in [1.807, 2.05) is 30.3 Å². The number of β-amino-alcohol motifs (C(OH)–C–C–N with tert-alkyl or cyclic N) is 1. The molecule has 0 bridgehead atoms.